The number of fused-ring (bicyclic) bond motifs is 1. The van der Waals surface area contributed by atoms with Crippen LogP contribution in [-0.4, -0.2) is 12.2 Å². The van der Waals surface area contributed by atoms with E-state index in [1.165, 1.54) is 11.1 Å². The molecular weight excluding hydrogens is 162 g/mol. The summed E-state index contributed by atoms with van der Waals surface area (Å²) in [7, 11) is 1.00. The van der Waals surface area contributed by atoms with Crippen molar-refractivity contribution in [3.63, 3.8) is 0 Å². The van der Waals surface area contributed by atoms with Gasteiger partial charge in [-0.25, -0.2) is 0 Å². The van der Waals surface area contributed by atoms with Crippen LogP contribution in [0.1, 0.15) is 24.1 Å². The predicted octanol–water partition coefficient (Wildman–Crippen LogP) is 1.49. The third kappa shape index (κ3) is 1.90. The van der Waals surface area contributed by atoms with E-state index in [9.17, 15) is 0 Å². The maximum atomic E-state index is 7.00. The Morgan fingerprint density at radius 3 is 2.54 bits per heavy atom. The van der Waals surface area contributed by atoms with Gasteiger partial charge in [-0.05, 0) is 23.5 Å². The lowest BCUT2D eigenvalue weighted by Gasteiger charge is -2.08. The van der Waals surface area contributed by atoms with E-state index in [1.807, 2.05) is 0 Å². The van der Waals surface area contributed by atoms with Gasteiger partial charge >= 0.3 is 0 Å². The first-order valence-electron chi connectivity index (χ1n) is 4.57. The van der Waals surface area contributed by atoms with Gasteiger partial charge in [0.05, 0.1) is 0 Å². The van der Waals surface area contributed by atoms with E-state index in [0.717, 1.165) is 13.5 Å². The number of aliphatic hydroxyl groups is 1. The second-order valence-corrected chi connectivity index (χ2v) is 3.41. The number of hydrogen-bond donors (Lipinski definition) is 2. The number of aliphatic hydroxyl groups excluding tert-OH is 1. The summed E-state index contributed by atoms with van der Waals surface area (Å²) in [5.41, 5.74) is 8.77. The van der Waals surface area contributed by atoms with Gasteiger partial charge in [0.25, 0.3) is 0 Å². The number of nitrogens with two attached hydrogens (primary N) is 1. The van der Waals surface area contributed by atoms with Crippen molar-refractivity contribution >= 4 is 0 Å². The second-order valence-electron chi connectivity index (χ2n) is 3.41. The first-order chi connectivity index (χ1) is 6.29. The van der Waals surface area contributed by atoms with Crippen molar-refractivity contribution in [2.24, 2.45) is 11.7 Å². The summed E-state index contributed by atoms with van der Waals surface area (Å²) in [5.74, 6) is 0.618. The highest BCUT2D eigenvalue weighted by Crippen LogP contribution is 2.33. The molecule has 0 aliphatic heterocycles. The minimum atomic E-state index is 0.270. The zero-order valence-electron chi connectivity index (χ0n) is 8.20. The molecule has 72 valence electrons. The fourth-order valence-electron chi connectivity index (χ4n) is 1.83. The van der Waals surface area contributed by atoms with Crippen LogP contribution in [0.25, 0.3) is 0 Å². The Labute approximate surface area is 79.4 Å². The SMILES string of the molecule is CC1Cc2ccccc2C1N.CO. The van der Waals surface area contributed by atoms with Crippen molar-refractivity contribution < 1.29 is 5.11 Å². The van der Waals surface area contributed by atoms with Crippen molar-refractivity contribution in [1.82, 2.24) is 0 Å². The van der Waals surface area contributed by atoms with E-state index in [4.69, 9.17) is 10.8 Å². The molecule has 2 heteroatoms. The second kappa shape index (κ2) is 4.40. The van der Waals surface area contributed by atoms with Gasteiger partial charge < -0.3 is 10.8 Å². The quantitative estimate of drug-likeness (QED) is 0.633. The van der Waals surface area contributed by atoms with Gasteiger partial charge in [-0.1, -0.05) is 31.2 Å². The normalized spacial score (nSPS) is 24.6. The van der Waals surface area contributed by atoms with Crippen LogP contribution < -0.4 is 5.73 Å². The largest absolute Gasteiger partial charge is 0.400 e. The van der Waals surface area contributed by atoms with Gasteiger partial charge in [-0.2, -0.15) is 0 Å². The standard InChI is InChI=1S/C10H13N.CH4O/c1-7-6-8-4-2-3-5-9(8)10(7)11;1-2/h2-5,7,10H,6,11H2,1H3;2H,1H3. The van der Waals surface area contributed by atoms with E-state index >= 15 is 0 Å². The summed E-state index contributed by atoms with van der Waals surface area (Å²) in [5, 5.41) is 7.00. The monoisotopic (exact) mass is 179 g/mol. The topological polar surface area (TPSA) is 46.2 Å². The summed E-state index contributed by atoms with van der Waals surface area (Å²) >= 11 is 0. The van der Waals surface area contributed by atoms with Crippen LogP contribution in [0.5, 0.6) is 0 Å². The van der Waals surface area contributed by atoms with E-state index < -0.39 is 0 Å². The van der Waals surface area contributed by atoms with Crippen LogP contribution in [0.2, 0.25) is 0 Å². The molecule has 2 atom stereocenters. The van der Waals surface area contributed by atoms with Gasteiger partial charge in [-0.15, -0.1) is 0 Å². The maximum absolute atomic E-state index is 7.00. The Hall–Kier alpha value is -0.860. The minimum Gasteiger partial charge on any atom is -0.400 e. The number of benzene rings is 1. The highest BCUT2D eigenvalue weighted by Gasteiger charge is 2.24. The molecule has 2 unspecified atom stereocenters. The van der Waals surface area contributed by atoms with E-state index in [1.54, 1.807) is 0 Å². The molecule has 0 heterocycles. The Morgan fingerprint density at radius 1 is 1.31 bits per heavy atom. The molecule has 1 aromatic rings. The van der Waals surface area contributed by atoms with Crippen molar-refractivity contribution in [3.8, 4) is 0 Å². The van der Waals surface area contributed by atoms with Crippen molar-refractivity contribution in [2.75, 3.05) is 7.11 Å². The van der Waals surface area contributed by atoms with Gasteiger partial charge in [0, 0.05) is 13.2 Å². The van der Waals surface area contributed by atoms with Gasteiger partial charge in [-0.3, -0.25) is 0 Å². The van der Waals surface area contributed by atoms with Crippen LogP contribution in [0.15, 0.2) is 24.3 Å². The molecule has 0 amide bonds. The molecule has 0 aromatic heterocycles. The first kappa shape index (κ1) is 10.2. The molecule has 1 aliphatic carbocycles. The molecular formula is C11H17NO. The third-order valence-corrected chi connectivity index (χ3v) is 2.57. The number of rotatable bonds is 0. The molecule has 0 bridgehead atoms. The van der Waals surface area contributed by atoms with Crippen molar-refractivity contribution in [3.05, 3.63) is 35.4 Å². The van der Waals surface area contributed by atoms with Crippen LogP contribution in [-0.2, 0) is 6.42 Å². The molecule has 0 fully saturated rings. The Kier molecular flexibility index (Phi) is 3.46. The highest BCUT2D eigenvalue weighted by molar-refractivity contribution is 5.34. The Bertz CT molecular complexity index is 273. The smallest absolute Gasteiger partial charge is 0.0326 e. The molecule has 2 rings (SSSR count). The molecule has 0 radical (unpaired) electrons. The molecule has 1 aromatic carbocycles. The summed E-state index contributed by atoms with van der Waals surface area (Å²) in [6.45, 7) is 2.21. The minimum absolute atomic E-state index is 0.270. The van der Waals surface area contributed by atoms with Gasteiger partial charge in [0.15, 0.2) is 0 Å². The van der Waals surface area contributed by atoms with Crippen LogP contribution >= 0.6 is 0 Å². The lowest BCUT2D eigenvalue weighted by Crippen LogP contribution is -2.13. The molecule has 0 saturated heterocycles. The van der Waals surface area contributed by atoms with Gasteiger partial charge in [0.1, 0.15) is 0 Å². The van der Waals surface area contributed by atoms with Crippen LogP contribution in [0.4, 0.5) is 0 Å². The fraction of sp³-hybridized carbons (Fsp3) is 0.455. The molecule has 0 spiro atoms. The van der Waals surface area contributed by atoms with Crippen LogP contribution in [0, 0.1) is 5.92 Å². The molecule has 0 saturated carbocycles. The highest BCUT2D eigenvalue weighted by atomic mass is 16.2. The Morgan fingerprint density at radius 2 is 1.92 bits per heavy atom. The average Bonchev–Trinajstić information content (AvgIpc) is 2.47. The van der Waals surface area contributed by atoms with E-state index in [0.29, 0.717) is 5.92 Å². The van der Waals surface area contributed by atoms with Crippen LogP contribution in [0.3, 0.4) is 0 Å². The first-order valence-corrected chi connectivity index (χ1v) is 4.57. The fourth-order valence-corrected chi connectivity index (χ4v) is 1.83. The Balaban J connectivity index is 0.000000396. The van der Waals surface area contributed by atoms with Gasteiger partial charge in [0.2, 0.25) is 0 Å². The average molecular weight is 179 g/mol. The van der Waals surface area contributed by atoms with Crippen molar-refractivity contribution in [1.29, 1.82) is 0 Å². The van der Waals surface area contributed by atoms with E-state index in [-0.39, 0.29) is 6.04 Å². The molecule has 1 aliphatic rings. The summed E-state index contributed by atoms with van der Waals surface area (Å²) < 4.78 is 0. The van der Waals surface area contributed by atoms with E-state index in [2.05, 4.69) is 31.2 Å². The summed E-state index contributed by atoms with van der Waals surface area (Å²) in [6.07, 6.45) is 1.15. The summed E-state index contributed by atoms with van der Waals surface area (Å²) in [6, 6.07) is 8.74. The van der Waals surface area contributed by atoms with Crippen molar-refractivity contribution in [2.45, 2.75) is 19.4 Å². The molecule has 3 N–H and O–H groups in total. The zero-order chi connectivity index (χ0) is 9.84. The molecule has 2 nitrogen and oxygen atoms in total. The zero-order valence-corrected chi connectivity index (χ0v) is 8.20. The summed E-state index contributed by atoms with van der Waals surface area (Å²) in [4.78, 5) is 0. The lowest BCUT2D eigenvalue weighted by molar-refractivity contribution is 0.399. The third-order valence-electron chi connectivity index (χ3n) is 2.57. The molecule has 13 heavy (non-hydrogen) atoms. The number of hydrogen-bond acceptors (Lipinski definition) is 2. The maximum Gasteiger partial charge on any atom is 0.0326 e. The lowest BCUT2D eigenvalue weighted by atomic mass is 10.0. The predicted molar refractivity (Wildman–Crippen MR) is 54.4 cm³/mol.